The number of amides is 1. The van der Waals surface area contributed by atoms with E-state index in [0.717, 1.165) is 49.5 Å². The summed E-state index contributed by atoms with van der Waals surface area (Å²) in [4.78, 5) is 16.5. The van der Waals surface area contributed by atoms with E-state index in [1.807, 2.05) is 24.3 Å². The van der Waals surface area contributed by atoms with Crippen molar-refractivity contribution in [3.63, 3.8) is 0 Å². The van der Waals surface area contributed by atoms with Crippen molar-refractivity contribution in [2.75, 3.05) is 5.32 Å². The fraction of sp³-hybridized carbons (Fsp3) is 0.360. The predicted octanol–water partition coefficient (Wildman–Crippen LogP) is 6.21. The lowest BCUT2D eigenvalue weighted by Crippen LogP contribution is -2.45. The summed E-state index contributed by atoms with van der Waals surface area (Å²) in [5, 5.41) is 3.95. The molecule has 2 fully saturated rings. The first-order chi connectivity index (χ1) is 14.5. The van der Waals surface area contributed by atoms with E-state index in [4.69, 9.17) is 0 Å². The van der Waals surface area contributed by atoms with Crippen LogP contribution in [0.1, 0.15) is 50.0 Å². The van der Waals surface area contributed by atoms with Gasteiger partial charge in [-0.3, -0.25) is 4.79 Å². The van der Waals surface area contributed by atoms with Crippen LogP contribution >= 0.6 is 0 Å². The van der Waals surface area contributed by atoms with Gasteiger partial charge < -0.3 is 5.32 Å². The molecular formula is C25H24F2N2O. The number of rotatable bonds is 3. The Hall–Kier alpha value is -2.82. The quantitative estimate of drug-likeness (QED) is 0.526. The van der Waals surface area contributed by atoms with Crippen LogP contribution in [-0.4, -0.2) is 10.9 Å². The largest absolute Gasteiger partial charge is 0.326 e. The molecule has 1 spiro atoms. The second-order valence-electron chi connectivity index (χ2n) is 8.93. The zero-order chi connectivity index (χ0) is 20.7. The number of benzene rings is 2. The molecule has 0 unspecified atom stereocenters. The fourth-order valence-corrected chi connectivity index (χ4v) is 5.40. The van der Waals surface area contributed by atoms with E-state index in [1.165, 1.54) is 12.1 Å². The van der Waals surface area contributed by atoms with Crippen LogP contribution in [0, 0.1) is 23.1 Å². The lowest BCUT2D eigenvalue weighted by atomic mass is 9.54. The first-order valence-electron chi connectivity index (χ1n) is 10.6. The van der Waals surface area contributed by atoms with Crippen molar-refractivity contribution in [3.8, 4) is 0 Å². The molecule has 0 radical (unpaired) electrons. The average Bonchev–Trinajstić information content (AvgIpc) is 2.73. The maximum absolute atomic E-state index is 14.0. The molecule has 3 aromatic rings. The number of anilines is 1. The van der Waals surface area contributed by atoms with E-state index >= 15 is 0 Å². The first kappa shape index (κ1) is 19.2. The number of carbonyl (C=O) groups is 1. The van der Waals surface area contributed by atoms with Gasteiger partial charge in [0.1, 0.15) is 5.82 Å². The highest BCUT2D eigenvalue weighted by Gasteiger charge is 2.48. The van der Waals surface area contributed by atoms with Crippen molar-refractivity contribution in [1.82, 2.24) is 4.98 Å². The third kappa shape index (κ3) is 3.57. The van der Waals surface area contributed by atoms with Gasteiger partial charge in [-0.15, -0.1) is 0 Å². The number of halogens is 2. The molecule has 3 nitrogen and oxygen atoms in total. The summed E-state index contributed by atoms with van der Waals surface area (Å²) in [7, 11) is 0. The number of nitrogens with zero attached hydrogens (tertiary/aromatic N) is 1. The van der Waals surface area contributed by atoms with Gasteiger partial charge in [-0.2, -0.15) is 4.39 Å². The molecule has 30 heavy (non-hydrogen) atoms. The second kappa shape index (κ2) is 7.46. The third-order valence-corrected chi connectivity index (χ3v) is 7.04. The van der Waals surface area contributed by atoms with Crippen LogP contribution in [0.4, 0.5) is 14.5 Å². The van der Waals surface area contributed by atoms with Gasteiger partial charge in [0.25, 0.3) is 0 Å². The van der Waals surface area contributed by atoms with Gasteiger partial charge in [0.2, 0.25) is 11.9 Å². The van der Waals surface area contributed by atoms with Crippen LogP contribution in [-0.2, 0) is 4.79 Å². The number of hydrogen-bond acceptors (Lipinski definition) is 2. The second-order valence-corrected chi connectivity index (χ2v) is 8.93. The van der Waals surface area contributed by atoms with Crippen LogP contribution in [0.25, 0.3) is 10.9 Å². The Morgan fingerprint density at radius 1 is 1.00 bits per heavy atom. The van der Waals surface area contributed by atoms with Gasteiger partial charge in [-0.1, -0.05) is 18.2 Å². The Kier molecular flexibility index (Phi) is 4.76. The Bertz CT molecular complexity index is 1080. The van der Waals surface area contributed by atoms with Gasteiger partial charge >= 0.3 is 0 Å². The summed E-state index contributed by atoms with van der Waals surface area (Å²) in [6.07, 6.45) is 5.96. The van der Waals surface area contributed by atoms with Crippen molar-refractivity contribution in [2.45, 2.75) is 44.4 Å². The standard InChI is InChI=1S/C25H24F2N2O/c26-18-5-7-19(8-6-18)28-24(30)17-14-25(15-17)11-9-16(10-12-25)21-13-23(27)29-22-4-2-1-3-20(21)22/h1-8,13,16-17H,9-12,14-15H2,(H,28,30). The van der Waals surface area contributed by atoms with Gasteiger partial charge in [-0.05, 0) is 91.8 Å². The van der Waals surface area contributed by atoms with Crippen LogP contribution in [0.2, 0.25) is 0 Å². The molecule has 154 valence electrons. The first-order valence-corrected chi connectivity index (χ1v) is 10.6. The summed E-state index contributed by atoms with van der Waals surface area (Å²) < 4.78 is 27.1. The molecule has 1 N–H and O–H groups in total. The van der Waals surface area contributed by atoms with Crippen molar-refractivity contribution in [2.24, 2.45) is 11.3 Å². The number of hydrogen-bond donors (Lipinski definition) is 1. The normalized spacial score (nSPS) is 25.8. The molecule has 1 amide bonds. The molecule has 2 aliphatic rings. The highest BCUT2D eigenvalue weighted by molar-refractivity contribution is 5.93. The number of carbonyl (C=O) groups excluding carboxylic acids is 1. The highest BCUT2D eigenvalue weighted by atomic mass is 19.1. The predicted molar refractivity (Wildman–Crippen MR) is 113 cm³/mol. The van der Waals surface area contributed by atoms with E-state index in [1.54, 1.807) is 18.2 Å². The molecule has 2 aliphatic carbocycles. The average molecular weight is 406 g/mol. The van der Waals surface area contributed by atoms with Crippen LogP contribution in [0.15, 0.2) is 54.6 Å². The summed E-state index contributed by atoms with van der Waals surface area (Å²) in [6.45, 7) is 0. The Balaban J connectivity index is 1.21. The maximum atomic E-state index is 14.0. The molecule has 0 bridgehead atoms. The van der Waals surface area contributed by atoms with Crippen molar-refractivity contribution in [3.05, 3.63) is 71.9 Å². The highest BCUT2D eigenvalue weighted by Crippen LogP contribution is 2.57. The Morgan fingerprint density at radius 2 is 1.70 bits per heavy atom. The molecule has 5 rings (SSSR count). The van der Waals surface area contributed by atoms with Gasteiger partial charge in [-0.25, -0.2) is 9.37 Å². The van der Waals surface area contributed by atoms with Crippen molar-refractivity contribution >= 4 is 22.5 Å². The molecule has 1 heterocycles. The number of pyridine rings is 1. The number of aromatic nitrogens is 1. The fourth-order valence-electron chi connectivity index (χ4n) is 5.40. The molecule has 2 saturated carbocycles. The van der Waals surface area contributed by atoms with E-state index in [0.29, 0.717) is 17.1 Å². The molecule has 2 aromatic carbocycles. The minimum absolute atomic E-state index is 0.0193. The zero-order valence-corrected chi connectivity index (χ0v) is 16.7. The summed E-state index contributed by atoms with van der Waals surface area (Å²) >= 11 is 0. The molecule has 0 aliphatic heterocycles. The van der Waals surface area contributed by atoms with Crippen LogP contribution in [0.5, 0.6) is 0 Å². The van der Waals surface area contributed by atoms with Crippen LogP contribution < -0.4 is 5.32 Å². The summed E-state index contributed by atoms with van der Waals surface area (Å²) in [5.74, 6) is -0.341. The lowest BCUT2D eigenvalue weighted by Gasteiger charge is -2.51. The third-order valence-electron chi connectivity index (χ3n) is 7.04. The molecule has 5 heteroatoms. The monoisotopic (exact) mass is 406 g/mol. The van der Waals surface area contributed by atoms with Gasteiger partial charge in [0.05, 0.1) is 5.52 Å². The zero-order valence-electron chi connectivity index (χ0n) is 16.7. The minimum atomic E-state index is -0.412. The van der Waals surface area contributed by atoms with Crippen molar-refractivity contribution < 1.29 is 13.6 Å². The van der Waals surface area contributed by atoms with E-state index < -0.39 is 5.95 Å². The van der Waals surface area contributed by atoms with E-state index in [2.05, 4.69) is 10.3 Å². The molecule has 0 saturated heterocycles. The number of para-hydroxylation sites is 1. The van der Waals surface area contributed by atoms with Gasteiger partial charge in [0.15, 0.2) is 0 Å². The Morgan fingerprint density at radius 3 is 2.43 bits per heavy atom. The molecular weight excluding hydrogens is 382 g/mol. The number of nitrogens with one attached hydrogen (secondary N) is 1. The van der Waals surface area contributed by atoms with Gasteiger partial charge in [0, 0.05) is 17.0 Å². The van der Waals surface area contributed by atoms with Crippen molar-refractivity contribution in [1.29, 1.82) is 0 Å². The summed E-state index contributed by atoms with van der Waals surface area (Å²) in [6, 6.07) is 15.2. The topological polar surface area (TPSA) is 42.0 Å². The summed E-state index contributed by atoms with van der Waals surface area (Å²) in [5.41, 5.74) is 2.66. The van der Waals surface area contributed by atoms with E-state index in [-0.39, 0.29) is 23.1 Å². The lowest BCUT2D eigenvalue weighted by molar-refractivity contribution is -0.128. The minimum Gasteiger partial charge on any atom is -0.326 e. The number of fused-ring (bicyclic) bond motifs is 1. The smallest absolute Gasteiger partial charge is 0.227 e. The Labute approximate surface area is 174 Å². The van der Waals surface area contributed by atoms with E-state index in [9.17, 15) is 13.6 Å². The maximum Gasteiger partial charge on any atom is 0.227 e. The van der Waals surface area contributed by atoms with Crippen LogP contribution in [0.3, 0.4) is 0 Å². The molecule has 0 atom stereocenters. The molecule has 1 aromatic heterocycles. The SMILES string of the molecule is O=C(Nc1ccc(F)cc1)C1CC2(CCC(c3cc(F)nc4ccccc34)CC2)C1.